The number of urea groups is 1. The van der Waals surface area contributed by atoms with Crippen LogP contribution in [0.25, 0.3) is 5.69 Å². The van der Waals surface area contributed by atoms with Gasteiger partial charge in [-0.25, -0.2) is 14.2 Å². The number of hydrogen-bond acceptors (Lipinski definition) is 3. The second-order valence-corrected chi connectivity index (χ2v) is 5.81. The van der Waals surface area contributed by atoms with Gasteiger partial charge in [0.15, 0.2) is 0 Å². The number of nitrogens with one attached hydrogen (secondary N) is 2. The summed E-state index contributed by atoms with van der Waals surface area (Å²) in [6.07, 6.45) is 2.97. The third-order valence-corrected chi connectivity index (χ3v) is 3.94. The predicted molar refractivity (Wildman–Crippen MR) is 98.3 cm³/mol. The second kappa shape index (κ2) is 7.18. The molecule has 0 aliphatic heterocycles. The maximum atomic E-state index is 12.9. The first-order valence-corrected chi connectivity index (χ1v) is 7.93. The Labute approximate surface area is 149 Å². The van der Waals surface area contributed by atoms with Gasteiger partial charge in [0.1, 0.15) is 5.82 Å². The van der Waals surface area contributed by atoms with E-state index in [0.717, 1.165) is 11.1 Å². The van der Waals surface area contributed by atoms with Gasteiger partial charge in [0.25, 0.3) is 5.56 Å². The Bertz CT molecular complexity index is 1010. The summed E-state index contributed by atoms with van der Waals surface area (Å²) in [4.78, 5) is 28.6. The average Bonchev–Trinajstić information content (AvgIpc) is 2.61. The molecule has 2 N–H and O–H groups in total. The monoisotopic (exact) mass is 352 g/mol. The average molecular weight is 352 g/mol. The first kappa shape index (κ1) is 17.3. The van der Waals surface area contributed by atoms with Crippen molar-refractivity contribution < 1.29 is 9.18 Å². The predicted octanol–water partition coefficient (Wildman–Crippen LogP) is 3.63. The van der Waals surface area contributed by atoms with Crippen LogP contribution in [0.3, 0.4) is 0 Å². The lowest BCUT2D eigenvalue weighted by Gasteiger charge is -2.11. The van der Waals surface area contributed by atoms with Gasteiger partial charge in [-0.15, -0.1) is 0 Å². The van der Waals surface area contributed by atoms with E-state index in [4.69, 9.17) is 0 Å². The van der Waals surface area contributed by atoms with Crippen LogP contribution in [0.1, 0.15) is 11.1 Å². The number of carbonyl (C=O) groups is 1. The highest BCUT2D eigenvalue weighted by Crippen LogP contribution is 2.13. The summed E-state index contributed by atoms with van der Waals surface area (Å²) in [6.45, 7) is 3.95. The van der Waals surface area contributed by atoms with E-state index in [1.54, 1.807) is 0 Å². The molecule has 132 valence electrons. The number of anilines is 2. The molecule has 0 fully saturated rings. The lowest BCUT2D eigenvalue weighted by Crippen LogP contribution is -2.28. The van der Waals surface area contributed by atoms with Crippen LogP contribution < -0.4 is 16.2 Å². The Balaban J connectivity index is 1.82. The number of benzene rings is 2. The lowest BCUT2D eigenvalue weighted by atomic mass is 10.1. The lowest BCUT2D eigenvalue weighted by molar-refractivity contribution is 0.262. The summed E-state index contributed by atoms with van der Waals surface area (Å²) >= 11 is 0. The van der Waals surface area contributed by atoms with Crippen molar-refractivity contribution in [3.05, 3.63) is 82.2 Å². The standard InChI is InChI=1S/C19H17FN4O2/c1-12-3-8-16(11-13(12)2)24-10-9-21-17(18(24)25)23-19(26)22-15-6-4-14(20)5-7-15/h3-11H,1-2H3,(H2,21,22,23,26). The van der Waals surface area contributed by atoms with Crippen LogP contribution in [0.4, 0.5) is 20.7 Å². The van der Waals surface area contributed by atoms with Gasteiger partial charge in [-0.3, -0.25) is 14.7 Å². The Morgan fingerprint density at radius 2 is 1.77 bits per heavy atom. The molecule has 3 aromatic rings. The Morgan fingerprint density at radius 1 is 1.04 bits per heavy atom. The van der Waals surface area contributed by atoms with Crippen molar-refractivity contribution in [3.63, 3.8) is 0 Å². The minimum absolute atomic E-state index is 0.106. The number of aromatic nitrogens is 2. The maximum Gasteiger partial charge on any atom is 0.325 e. The molecule has 0 aliphatic carbocycles. The molecule has 7 heteroatoms. The normalized spacial score (nSPS) is 10.4. The van der Waals surface area contributed by atoms with Crippen molar-refractivity contribution in [3.8, 4) is 5.69 Å². The first-order chi connectivity index (χ1) is 12.4. The summed E-state index contributed by atoms with van der Waals surface area (Å²) in [5.74, 6) is -0.512. The zero-order valence-corrected chi connectivity index (χ0v) is 14.3. The number of halogens is 1. The molecule has 0 atom stereocenters. The third kappa shape index (κ3) is 3.77. The number of aryl methyl sites for hydroxylation is 2. The van der Waals surface area contributed by atoms with Crippen LogP contribution in [-0.4, -0.2) is 15.6 Å². The molecule has 0 saturated carbocycles. The van der Waals surface area contributed by atoms with Crippen molar-refractivity contribution in [2.45, 2.75) is 13.8 Å². The quantitative estimate of drug-likeness (QED) is 0.756. The fourth-order valence-corrected chi connectivity index (χ4v) is 2.38. The highest BCUT2D eigenvalue weighted by atomic mass is 19.1. The van der Waals surface area contributed by atoms with Gasteiger partial charge < -0.3 is 5.32 Å². The summed E-state index contributed by atoms with van der Waals surface area (Å²) in [5.41, 5.74) is 2.80. The van der Waals surface area contributed by atoms with Crippen molar-refractivity contribution in [2.75, 3.05) is 10.6 Å². The smallest absolute Gasteiger partial charge is 0.308 e. The number of amides is 2. The SMILES string of the molecule is Cc1ccc(-n2ccnc(NC(=O)Nc3ccc(F)cc3)c2=O)cc1C. The van der Waals surface area contributed by atoms with Crippen LogP contribution >= 0.6 is 0 Å². The molecule has 6 nitrogen and oxygen atoms in total. The number of nitrogens with zero attached hydrogens (tertiary/aromatic N) is 2. The molecule has 0 aliphatic rings. The molecular formula is C19H17FN4O2. The fourth-order valence-electron chi connectivity index (χ4n) is 2.38. The summed E-state index contributed by atoms with van der Waals surface area (Å²) < 4.78 is 14.3. The second-order valence-electron chi connectivity index (χ2n) is 5.81. The minimum Gasteiger partial charge on any atom is -0.308 e. The van der Waals surface area contributed by atoms with Crippen LogP contribution in [-0.2, 0) is 0 Å². The van der Waals surface area contributed by atoms with E-state index in [-0.39, 0.29) is 5.82 Å². The molecule has 26 heavy (non-hydrogen) atoms. The van der Waals surface area contributed by atoms with E-state index >= 15 is 0 Å². The largest absolute Gasteiger partial charge is 0.325 e. The van der Waals surface area contributed by atoms with Gasteiger partial charge in [-0.05, 0) is 61.4 Å². The zero-order valence-electron chi connectivity index (χ0n) is 14.3. The number of hydrogen-bond donors (Lipinski definition) is 2. The molecule has 2 amide bonds. The molecule has 1 aromatic heterocycles. The summed E-state index contributed by atoms with van der Waals surface area (Å²) in [7, 11) is 0. The molecular weight excluding hydrogens is 335 g/mol. The minimum atomic E-state index is -0.640. The van der Waals surface area contributed by atoms with E-state index in [9.17, 15) is 14.0 Å². The van der Waals surface area contributed by atoms with Crippen molar-refractivity contribution >= 4 is 17.5 Å². The van der Waals surface area contributed by atoms with Crippen LogP contribution in [0, 0.1) is 19.7 Å². The zero-order chi connectivity index (χ0) is 18.7. The molecule has 1 heterocycles. The van der Waals surface area contributed by atoms with Crippen LogP contribution in [0.2, 0.25) is 0 Å². The molecule has 0 spiro atoms. The Hall–Kier alpha value is -3.48. The summed E-state index contributed by atoms with van der Waals surface area (Å²) in [5, 5.41) is 4.94. The number of rotatable bonds is 3. The highest BCUT2D eigenvalue weighted by Gasteiger charge is 2.11. The fraction of sp³-hybridized carbons (Fsp3) is 0.105. The summed E-state index contributed by atoms with van der Waals surface area (Å²) in [6, 6.07) is 10.3. The van der Waals surface area contributed by atoms with E-state index in [1.807, 2.05) is 32.0 Å². The maximum absolute atomic E-state index is 12.9. The van der Waals surface area contributed by atoms with Gasteiger partial charge in [-0.1, -0.05) is 6.07 Å². The molecule has 2 aromatic carbocycles. The molecule has 0 radical (unpaired) electrons. The van der Waals surface area contributed by atoms with Crippen LogP contribution in [0.5, 0.6) is 0 Å². The molecule has 0 bridgehead atoms. The number of carbonyl (C=O) groups excluding carboxylic acids is 1. The Morgan fingerprint density at radius 3 is 2.46 bits per heavy atom. The van der Waals surface area contributed by atoms with Crippen molar-refractivity contribution in [2.24, 2.45) is 0 Å². The van der Waals surface area contributed by atoms with E-state index in [2.05, 4.69) is 15.6 Å². The third-order valence-electron chi connectivity index (χ3n) is 3.94. The van der Waals surface area contributed by atoms with E-state index in [1.165, 1.54) is 41.2 Å². The van der Waals surface area contributed by atoms with Gasteiger partial charge >= 0.3 is 6.03 Å². The topological polar surface area (TPSA) is 76.0 Å². The molecule has 3 rings (SSSR count). The van der Waals surface area contributed by atoms with Gasteiger partial charge in [0, 0.05) is 23.8 Å². The van der Waals surface area contributed by atoms with Crippen LogP contribution in [0.15, 0.2) is 59.7 Å². The van der Waals surface area contributed by atoms with E-state index in [0.29, 0.717) is 11.4 Å². The van der Waals surface area contributed by atoms with Gasteiger partial charge in [0.05, 0.1) is 0 Å². The van der Waals surface area contributed by atoms with Gasteiger partial charge in [0.2, 0.25) is 5.82 Å². The molecule has 0 unspecified atom stereocenters. The van der Waals surface area contributed by atoms with Gasteiger partial charge in [-0.2, -0.15) is 0 Å². The molecule has 0 saturated heterocycles. The van der Waals surface area contributed by atoms with Crippen molar-refractivity contribution in [1.82, 2.24) is 9.55 Å². The Kier molecular flexibility index (Phi) is 4.79. The highest BCUT2D eigenvalue weighted by molar-refractivity contribution is 5.99. The van der Waals surface area contributed by atoms with Crippen molar-refractivity contribution in [1.29, 1.82) is 0 Å². The first-order valence-electron chi connectivity index (χ1n) is 7.93. The van der Waals surface area contributed by atoms with E-state index < -0.39 is 17.4 Å².